The SMILES string of the molecule is CC(C)N(C)CC(=O)N(C)c1ccc(N2CCC(N(C)S(C)(=O)=O)C2=O)cc1. The topological polar surface area (TPSA) is 81.2 Å². The van der Waals surface area contributed by atoms with Crippen LogP contribution in [0.2, 0.25) is 0 Å². The van der Waals surface area contributed by atoms with Crippen LogP contribution in [0.5, 0.6) is 0 Å². The molecule has 0 bridgehead atoms. The third kappa shape index (κ3) is 4.89. The number of carbonyl (C=O) groups is 2. The van der Waals surface area contributed by atoms with E-state index in [4.69, 9.17) is 0 Å². The Labute approximate surface area is 167 Å². The highest BCUT2D eigenvalue weighted by molar-refractivity contribution is 7.88. The first kappa shape index (κ1) is 22.3. The van der Waals surface area contributed by atoms with Gasteiger partial charge in [-0.05, 0) is 51.6 Å². The van der Waals surface area contributed by atoms with Crippen LogP contribution in [0.3, 0.4) is 0 Å². The number of carbonyl (C=O) groups excluding carboxylic acids is 2. The summed E-state index contributed by atoms with van der Waals surface area (Å²) in [5.74, 6) is -0.250. The summed E-state index contributed by atoms with van der Waals surface area (Å²) in [5.41, 5.74) is 1.43. The number of sulfonamides is 1. The van der Waals surface area contributed by atoms with E-state index in [2.05, 4.69) is 0 Å². The Bertz CT molecular complexity index is 823. The lowest BCUT2D eigenvalue weighted by Crippen LogP contribution is -2.42. The van der Waals surface area contributed by atoms with Crippen molar-refractivity contribution in [1.29, 1.82) is 0 Å². The molecule has 0 aromatic heterocycles. The zero-order chi connectivity index (χ0) is 21.2. The molecular weight excluding hydrogens is 380 g/mol. The van der Waals surface area contributed by atoms with Gasteiger partial charge in [-0.25, -0.2) is 8.42 Å². The van der Waals surface area contributed by atoms with Crippen LogP contribution in [0.1, 0.15) is 20.3 Å². The van der Waals surface area contributed by atoms with Crippen LogP contribution in [0.25, 0.3) is 0 Å². The predicted octanol–water partition coefficient (Wildman–Crippen LogP) is 0.986. The molecule has 2 rings (SSSR count). The van der Waals surface area contributed by atoms with Gasteiger partial charge in [0.05, 0.1) is 12.8 Å². The predicted molar refractivity (Wildman–Crippen MR) is 111 cm³/mol. The molecule has 2 amide bonds. The highest BCUT2D eigenvalue weighted by Crippen LogP contribution is 2.27. The molecule has 9 heteroatoms. The van der Waals surface area contributed by atoms with Crippen molar-refractivity contribution >= 4 is 33.2 Å². The summed E-state index contributed by atoms with van der Waals surface area (Å²) in [7, 11) is 1.63. The molecule has 1 fully saturated rings. The second kappa shape index (κ2) is 8.59. The lowest BCUT2D eigenvalue weighted by molar-refractivity contribution is -0.120. The summed E-state index contributed by atoms with van der Waals surface area (Å²) in [6.45, 7) is 4.84. The molecule has 1 atom stereocenters. The minimum Gasteiger partial charge on any atom is -0.314 e. The van der Waals surface area contributed by atoms with Crippen molar-refractivity contribution in [3.8, 4) is 0 Å². The normalized spacial score (nSPS) is 17.8. The van der Waals surface area contributed by atoms with Gasteiger partial charge in [0.25, 0.3) is 0 Å². The van der Waals surface area contributed by atoms with Gasteiger partial charge < -0.3 is 9.80 Å². The third-order valence-corrected chi connectivity index (χ3v) is 6.63. The van der Waals surface area contributed by atoms with Gasteiger partial charge in [0.15, 0.2) is 0 Å². The minimum atomic E-state index is -3.43. The van der Waals surface area contributed by atoms with Crippen molar-refractivity contribution in [1.82, 2.24) is 9.21 Å². The number of rotatable bonds is 7. The highest BCUT2D eigenvalue weighted by Gasteiger charge is 2.38. The van der Waals surface area contributed by atoms with Crippen LogP contribution in [-0.4, -0.2) is 82.0 Å². The number of nitrogens with zero attached hydrogens (tertiary/aromatic N) is 4. The van der Waals surface area contributed by atoms with Crippen molar-refractivity contribution < 1.29 is 18.0 Å². The van der Waals surface area contributed by atoms with E-state index in [-0.39, 0.29) is 17.9 Å². The molecule has 8 nitrogen and oxygen atoms in total. The third-order valence-electron chi connectivity index (χ3n) is 5.33. The zero-order valence-electron chi connectivity index (χ0n) is 17.4. The van der Waals surface area contributed by atoms with Gasteiger partial charge in [-0.1, -0.05) is 0 Å². The second-order valence-corrected chi connectivity index (χ2v) is 9.59. The van der Waals surface area contributed by atoms with Crippen LogP contribution in [-0.2, 0) is 19.6 Å². The van der Waals surface area contributed by atoms with Crippen LogP contribution in [0.15, 0.2) is 24.3 Å². The Morgan fingerprint density at radius 3 is 2.25 bits per heavy atom. The fraction of sp³-hybridized carbons (Fsp3) is 0.579. The molecule has 0 N–H and O–H groups in total. The van der Waals surface area contributed by atoms with Crippen molar-refractivity contribution in [3.63, 3.8) is 0 Å². The molecule has 1 aromatic carbocycles. The number of hydrogen-bond donors (Lipinski definition) is 0. The van der Waals surface area contributed by atoms with Crippen molar-refractivity contribution in [2.45, 2.75) is 32.4 Å². The molecule has 156 valence electrons. The second-order valence-electron chi connectivity index (χ2n) is 7.55. The molecule has 0 saturated carbocycles. The summed E-state index contributed by atoms with van der Waals surface area (Å²) in [4.78, 5) is 30.2. The highest BCUT2D eigenvalue weighted by atomic mass is 32.2. The minimum absolute atomic E-state index is 0.0176. The summed E-state index contributed by atoms with van der Waals surface area (Å²) >= 11 is 0. The van der Waals surface area contributed by atoms with Crippen molar-refractivity contribution in [3.05, 3.63) is 24.3 Å². The summed E-state index contributed by atoms with van der Waals surface area (Å²) in [6.07, 6.45) is 1.55. The van der Waals surface area contributed by atoms with E-state index in [0.717, 1.165) is 16.2 Å². The number of hydrogen-bond acceptors (Lipinski definition) is 5. The van der Waals surface area contributed by atoms with Crippen LogP contribution in [0, 0.1) is 0 Å². The van der Waals surface area contributed by atoms with E-state index in [1.807, 2.05) is 25.8 Å². The fourth-order valence-electron chi connectivity index (χ4n) is 2.99. The van der Waals surface area contributed by atoms with E-state index in [1.165, 1.54) is 7.05 Å². The molecule has 1 aliphatic rings. The number of anilines is 2. The molecule has 1 aliphatic heterocycles. The Morgan fingerprint density at radius 1 is 1.18 bits per heavy atom. The van der Waals surface area contributed by atoms with Gasteiger partial charge in [0.1, 0.15) is 6.04 Å². The van der Waals surface area contributed by atoms with Crippen molar-refractivity contribution in [2.24, 2.45) is 0 Å². The van der Waals surface area contributed by atoms with Crippen molar-refractivity contribution in [2.75, 3.05) is 50.3 Å². The Morgan fingerprint density at radius 2 is 1.75 bits per heavy atom. The van der Waals surface area contributed by atoms with Gasteiger partial charge in [-0.15, -0.1) is 0 Å². The Hall–Kier alpha value is -1.97. The maximum atomic E-state index is 12.7. The van der Waals surface area contributed by atoms with Crippen LogP contribution >= 0.6 is 0 Å². The first-order valence-electron chi connectivity index (χ1n) is 9.24. The molecule has 0 radical (unpaired) electrons. The summed E-state index contributed by atoms with van der Waals surface area (Å²) in [5, 5.41) is 0. The largest absolute Gasteiger partial charge is 0.314 e. The maximum Gasteiger partial charge on any atom is 0.245 e. The van der Waals surface area contributed by atoms with Gasteiger partial charge >= 0.3 is 0 Å². The quantitative estimate of drug-likeness (QED) is 0.670. The first-order valence-corrected chi connectivity index (χ1v) is 11.1. The number of amides is 2. The van der Waals surface area contributed by atoms with E-state index >= 15 is 0 Å². The summed E-state index contributed by atoms with van der Waals surface area (Å²) < 4.78 is 24.6. The smallest absolute Gasteiger partial charge is 0.245 e. The molecule has 1 saturated heterocycles. The lowest BCUT2D eigenvalue weighted by atomic mass is 10.2. The molecule has 0 spiro atoms. The Kier molecular flexibility index (Phi) is 6.84. The average Bonchev–Trinajstić information content (AvgIpc) is 3.00. The maximum absolute atomic E-state index is 12.7. The van der Waals surface area contributed by atoms with Crippen LogP contribution in [0.4, 0.5) is 11.4 Å². The average molecular weight is 411 g/mol. The molecule has 1 aromatic rings. The van der Waals surface area contributed by atoms with E-state index in [0.29, 0.717) is 25.2 Å². The fourth-order valence-corrected chi connectivity index (χ4v) is 3.65. The Balaban J connectivity index is 2.08. The van der Waals surface area contributed by atoms with Gasteiger partial charge in [0.2, 0.25) is 21.8 Å². The van der Waals surface area contributed by atoms with E-state index in [1.54, 1.807) is 41.1 Å². The standard InChI is InChI=1S/C19H30N4O4S/c1-14(2)20(3)13-18(24)21(4)15-7-9-16(10-8-15)23-12-11-17(19(23)25)22(5)28(6,26)27/h7-10,14,17H,11-13H2,1-6H3. The molecule has 1 heterocycles. The number of benzene rings is 1. The van der Waals surface area contributed by atoms with E-state index in [9.17, 15) is 18.0 Å². The molecular formula is C19H30N4O4S. The monoisotopic (exact) mass is 410 g/mol. The first-order chi connectivity index (χ1) is 12.9. The lowest BCUT2D eigenvalue weighted by Gasteiger charge is -2.25. The van der Waals surface area contributed by atoms with Gasteiger partial charge in [-0.3, -0.25) is 14.5 Å². The molecule has 0 aliphatic carbocycles. The summed E-state index contributed by atoms with van der Waals surface area (Å²) in [6, 6.07) is 6.76. The molecule has 28 heavy (non-hydrogen) atoms. The van der Waals surface area contributed by atoms with Crippen LogP contribution < -0.4 is 9.80 Å². The number of likely N-dealkylation sites (N-methyl/N-ethyl adjacent to an activating group) is 3. The van der Waals surface area contributed by atoms with Gasteiger partial charge in [-0.2, -0.15) is 4.31 Å². The van der Waals surface area contributed by atoms with E-state index < -0.39 is 16.1 Å². The molecule has 1 unspecified atom stereocenters. The van der Waals surface area contributed by atoms with Gasteiger partial charge in [0, 0.05) is 38.1 Å². The zero-order valence-corrected chi connectivity index (χ0v) is 18.2.